The van der Waals surface area contributed by atoms with Crippen LogP contribution in [0.25, 0.3) is 0 Å². The average molecular weight is 228 g/mol. The molecule has 1 N–H and O–H groups in total. The van der Waals surface area contributed by atoms with Gasteiger partial charge in [-0.15, -0.1) is 12.6 Å². The maximum Gasteiger partial charge on any atom is 0 e. The van der Waals surface area contributed by atoms with Gasteiger partial charge in [0.25, 0.3) is 0 Å². The summed E-state index contributed by atoms with van der Waals surface area (Å²) in [4.78, 5) is 0. The molecule has 0 fully saturated rings. The van der Waals surface area contributed by atoms with Crippen molar-refractivity contribution >= 4 is 0 Å². The van der Waals surface area contributed by atoms with Gasteiger partial charge in [0.05, 0.1) is 0 Å². The zero-order valence-corrected chi connectivity index (χ0v) is 10.2. The molecule has 0 rings (SSSR count). The van der Waals surface area contributed by atoms with Crippen LogP contribution in [0, 0.1) is 13.8 Å². The Kier molecular flexibility index (Phi) is 14.1. The van der Waals surface area contributed by atoms with Gasteiger partial charge in [0.1, 0.15) is 0 Å². The minimum absolute atomic E-state index is 0. The topological polar surface area (TPSA) is 12.0 Å². The quantitative estimate of drug-likeness (QED) is 0.560. The minimum Gasteiger partial charge on any atom is -0.373 e. The Balaban J connectivity index is 0. The van der Waals surface area contributed by atoms with Gasteiger partial charge in [-0.05, 0) is 12.8 Å². The van der Waals surface area contributed by atoms with Crippen molar-refractivity contribution in [3.05, 3.63) is 26.0 Å². The molecule has 11 heavy (non-hydrogen) atoms. The molecule has 0 amide bonds. The number of hydrogen-bond acceptors (Lipinski definition) is 1. The van der Waals surface area contributed by atoms with E-state index in [-0.39, 0.29) is 32.7 Å². The van der Waals surface area contributed by atoms with Crippen LogP contribution in [-0.4, -0.2) is 12.6 Å². The van der Waals surface area contributed by atoms with E-state index in [9.17, 15) is 0 Å². The largest absolute Gasteiger partial charge is 0.373 e. The number of nitrogens with one attached hydrogen (secondary N) is 1. The normalized spacial score (nSPS) is 13.0. The Hall–Kier alpha value is 0.804. The molecular formula is C9H17NY-2. The van der Waals surface area contributed by atoms with E-state index in [1.165, 1.54) is 0 Å². The van der Waals surface area contributed by atoms with E-state index >= 15 is 0 Å². The van der Waals surface area contributed by atoms with Crippen LogP contribution >= 0.6 is 0 Å². The maximum atomic E-state index is 3.90. The molecule has 0 saturated heterocycles. The fraction of sp³-hybridized carbons (Fsp3) is 0.556. The third kappa shape index (κ3) is 10.8. The van der Waals surface area contributed by atoms with Gasteiger partial charge in [-0.1, -0.05) is 19.1 Å². The molecule has 0 aromatic rings. The molecule has 1 radical (unpaired) electrons. The first kappa shape index (κ1) is 14.3. The third-order valence-electron chi connectivity index (χ3n) is 1.26. The van der Waals surface area contributed by atoms with E-state index in [0.717, 1.165) is 19.4 Å². The molecular weight excluding hydrogens is 211 g/mol. The van der Waals surface area contributed by atoms with Crippen molar-refractivity contribution in [2.75, 3.05) is 6.54 Å². The van der Waals surface area contributed by atoms with E-state index in [4.69, 9.17) is 0 Å². The zero-order valence-electron chi connectivity index (χ0n) is 7.34. The maximum absolute atomic E-state index is 3.90. The summed E-state index contributed by atoms with van der Waals surface area (Å²) in [5.74, 6) is 0. The molecule has 2 heteroatoms. The third-order valence-corrected chi connectivity index (χ3v) is 1.26. The molecule has 0 aliphatic rings. The van der Waals surface area contributed by atoms with Crippen molar-refractivity contribution < 1.29 is 32.7 Å². The summed E-state index contributed by atoms with van der Waals surface area (Å²) in [7, 11) is 0. The Morgan fingerprint density at radius 3 is 2.55 bits per heavy atom. The predicted molar refractivity (Wildman–Crippen MR) is 46.6 cm³/mol. The standard InChI is InChI=1S/C9H17N.Y/c1-4-6-7-8-9(3)10-5-2;/h6-7,9-10H,2-5,8H2,1H3;/q-2;. The Bertz CT molecular complexity index is 91.6. The zero-order chi connectivity index (χ0) is 7.82. The summed E-state index contributed by atoms with van der Waals surface area (Å²) in [6.45, 7) is 10.5. The van der Waals surface area contributed by atoms with E-state index in [0.29, 0.717) is 6.04 Å². The van der Waals surface area contributed by atoms with Crippen LogP contribution in [0.2, 0.25) is 0 Å². The second-order valence-corrected chi connectivity index (χ2v) is 2.27. The first-order valence-electron chi connectivity index (χ1n) is 3.82. The van der Waals surface area contributed by atoms with Gasteiger partial charge in [-0.2, -0.15) is 0 Å². The first-order chi connectivity index (χ1) is 4.81. The second kappa shape index (κ2) is 10.8. The molecule has 1 nitrogen and oxygen atoms in total. The second-order valence-electron chi connectivity index (χ2n) is 2.27. The molecule has 63 valence electrons. The molecule has 0 aliphatic carbocycles. The van der Waals surface area contributed by atoms with Crippen molar-refractivity contribution in [3.63, 3.8) is 0 Å². The van der Waals surface area contributed by atoms with E-state index in [1.54, 1.807) is 0 Å². The van der Waals surface area contributed by atoms with Crippen LogP contribution in [-0.2, 0) is 32.7 Å². The fourth-order valence-corrected chi connectivity index (χ4v) is 0.715. The number of allylic oxidation sites excluding steroid dienone is 1. The van der Waals surface area contributed by atoms with Crippen molar-refractivity contribution in [1.82, 2.24) is 5.32 Å². The summed E-state index contributed by atoms with van der Waals surface area (Å²) in [6.07, 6.45) is 6.42. The van der Waals surface area contributed by atoms with Gasteiger partial charge in [-0.3, -0.25) is 0 Å². The molecule has 0 bridgehead atoms. The fourth-order valence-electron chi connectivity index (χ4n) is 0.715. The van der Waals surface area contributed by atoms with Crippen LogP contribution in [0.5, 0.6) is 0 Å². The van der Waals surface area contributed by atoms with Crippen molar-refractivity contribution in [2.45, 2.75) is 25.8 Å². The van der Waals surface area contributed by atoms with Crippen molar-refractivity contribution in [2.24, 2.45) is 0 Å². The predicted octanol–water partition coefficient (Wildman–Crippen LogP) is 1.97. The summed E-state index contributed by atoms with van der Waals surface area (Å²) in [6, 6.07) is 0.320. The van der Waals surface area contributed by atoms with Crippen LogP contribution in [0.15, 0.2) is 12.2 Å². The molecule has 1 unspecified atom stereocenters. The molecule has 0 aliphatic heterocycles. The van der Waals surface area contributed by atoms with E-state index < -0.39 is 0 Å². The van der Waals surface area contributed by atoms with Gasteiger partial charge in [0.2, 0.25) is 0 Å². The Morgan fingerprint density at radius 2 is 2.09 bits per heavy atom. The van der Waals surface area contributed by atoms with Gasteiger partial charge in [0.15, 0.2) is 0 Å². The molecule has 0 aromatic heterocycles. The van der Waals surface area contributed by atoms with Crippen LogP contribution in [0.4, 0.5) is 0 Å². The van der Waals surface area contributed by atoms with Crippen LogP contribution in [0.3, 0.4) is 0 Å². The summed E-state index contributed by atoms with van der Waals surface area (Å²) in [5.41, 5.74) is 0. The SMILES string of the molecule is [CH2-]CNC([CH2-])CC=CCC.[Y]. The smallest absolute Gasteiger partial charge is 0 e. The Labute approximate surface area is 95.9 Å². The summed E-state index contributed by atoms with van der Waals surface area (Å²) < 4.78 is 0. The van der Waals surface area contributed by atoms with Crippen molar-refractivity contribution in [1.29, 1.82) is 0 Å². The minimum atomic E-state index is 0. The first-order valence-corrected chi connectivity index (χ1v) is 3.82. The van der Waals surface area contributed by atoms with Crippen LogP contribution < -0.4 is 5.32 Å². The van der Waals surface area contributed by atoms with Gasteiger partial charge < -0.3 is 19.2 Å². The van der Waals surface area contributed by atoms with Gasteiger partial charge in [0, 0.05) is 32.7 Å². The van der Waals surface area contributed by atoms with Gasteiger partial charge >= 0.3 is 0 Å². The molecule has 1 atom stereocenters. The number of hydrogen-bond donors (Lipinski definition) is 1. The van der Waals surface area contributed by atoms with Crippen LogP contribution in [0.1, 0.15) is 19.8 Å². The van der Waals surface area contributed by atoms with E-state index in [1.807, 2.05) is 0 Å². The molecule has 0 aromatic carbocycles. The van der Waals surface area contributed by atoms with Crippen molar-refractivity contribution in [3.8, 4) is 0 Å². The molecule has 0 heterocycles. The Morgan fingerprint density at radius 1 is 1.45 bits per heavy atom. The molecule has 0 saturated carbocycles. The monoisotopic (exact) mass is 228 g/mol. The molecule has 0 spiro atoms. The van der Waals surface area contributed by atoms with Gasteiger partial charge in [-0.25, -0.2) is 0 Å². The number of rotatable bonds is 5. The summed E-state index contributed by atoms with van der Waals surface area (Å²) >= 11 is 0. The summed E-state index contributed by atoms with van der Waals surface area (Å²) in [5, 5.41) is 3.13. The van der Waals surface area contributed by atoms with E-state index in [2.05, 4.69) is 38.2 Å². The average Bonchev–Trinajstić information content (AvgIpc) is 1.89.